The van der Waals surface area contributed by atoms with Gasteiger partial charge in [0.2, 0.25) is 0 Å². The Balaban J connectivity index is 2.16. The van der Waals surface area contributed by atoms with Crippen LogP contribution in [-0.2, 0) is 4.74 Å². The van der Waals surface area contributed by atoms with E-state index < -0.39 is 0 Å². The molecule has 0 aliphatic heterocycles. The lowest BCUT2D eigenvalue weighted by atomic mass is 9.99. The van der Waals surface area contributed by atoms with Gasteiger partial charge < -0.3 is 10.1 Å². The van der Waals surface area contributed by atoms with E-state index in [0.29, 0.717) is 12.0 Å². The fraction of sp³-hybridized carbons (Fsp3) is 1.00. The van der Waals surface area contributed by atoms with Crippen LogP contribution in [0.3, 0.4) is 0 Å². The third-order valence-electron chi connectivity index (χ3n) is 4.33. The fourth-order valence-electron chi connectivity index (χ4n) is 2.71. The molecule has 1 aliphatic carbocycles. The molecule has 0 aromatic rings. The van der Waals surface area contributed by atoms with E-state index in [2.05, 4.69) is 19.2 Å². The van der Waals surface area contributed by atoms with Crippen LogP contribution in [0.25, 0.3) is 0 Å². The van der Waals surface area contributed by atoms with Crippen LogP contribution in [-0.4, -0.2) is 26.3 Å². The van der Waals surface area contributed by atoms with Gasteiger partial charge in [-0.2, -0.15) is 0 Å². The molecular formula is C15H31NO. The molecule has 0 aromatic carbocycles. The topological polar surface area (TPSA) is 21.3 Å². The summed E-state index contributed by atoms with van der Waals surface area (Å²) in [5, 5.41) is 3.38. The Kier molecular flexibility index (Phi) is 7.87. The number of nitrogens with one attached hydrogen (secondary N) is 1. The van der Waals surface area contributed by atoms with E-state index in [1.54, 1.807) is 0 Å². The van der Waals surface area contributed by atoms with E-state index in [-0.39, 0.29) is 0 Å². The fourth-order valence-corrected chi connectivity index (χ4v) is 2.71. The maximum atomic E-state index is 5.94. The zero-order chi connectivity index (χ0) is 12.5. The van der Waals surface area contributed by atoms with Gasteiger partial charge in [-0.05, 0) is 31.7 Å². The maximum absolute atomic E-state index is 5.94. The second kappa shape index (κ2) is 8.93. The molecular weight excluding hydrogens is 210 g/mol. The molecule has 2 nitrogen and oxygen atoms in total. The standard InChI is InChI=1S/C15H31NO/c1-4-13(2)15(16-3)12-17-11-14-9-7-5-6-8-10-14/h13-16H,4-12H2,1-3H3. The first kappa shape index (κ1) is 15.0. The molecule has 0 radical (unpaired) electrons. The first-order valence-corrected chi connectivity index (χ1v) is 7.53. The predicted octanol–water partition coefficient (Wildman–Crippen LogP) is 3.61. The van der Waals surface area contributed by atoms with E-state index in [1.807, 2.05) is 7.05 Å². The van der Waals surface area contributed by atoms with Crippen molar-refractivity contribution in [3.05, 3.63) is 0 Å². The van der Waals surface area contributed by atoms with Gasteiger partial charge in [-0.1, -0.05) is 46.0 Å². The van der Waals surface area contributed by atoms with E-state index in [1.165, 1.54) is 44.9 Å². The third-order valence-corrected chi connectivity index (χ3v) is 4.33. The minimum atomic E-state index is 0.519. The van der Waals surface area contributed by atoms with Crippen LogP contribution in [0.5, 0.6) is 0 Å². The van der Waals surface area contributed by atoms with Crippen molar-refractivity contribution in [1.29, 1.82) is 0 Å². The first-order valence-electron chi connectivity index (χ1n) is 7.53. The van der Waals surface area contributed by atoms with E-state index in [0.717, 1.165) is 19.1 Å². The highest BCUT2D eigenvalue weighted by molar-refractivity contribution is 4.71. The number of hydrogen-bond acceptors (Lipinski definition) is 2. The molecule has 0 saturated heterocycles. The van der Waals surface area contributed by atoms with Gasteiger partial charge in [-0.25, -0.2) is 0 Å². The summed E-state index contributed by atoms with van der Waals surface area (Å²) in [4.78, 5) is 0. The molecule has 1 rings (SSSR count). The Morgan fingerprint density at radius 2 is 1.82 bits per heavy atom. The van der Waals surface area contributed by atoms with Crippen molar-refractivity contribution < 1.29 is 4.74 Å². The van der Waals surface area contributed by atoms with E-state index >= 15 is 0 Å². The van der Waals surface area contributed by atoms with Crippen LogP contribution in [0.1, 0.15) is 58.8 Å². The average molecular weight is 241 g/mol. The van der Waals surface area contributed by atoms with Crippen LogP contribution in [0.2, 0.25) is 0 Å². The van der Waals surface area contributed by atoms with Gasteiger partial charge in [-0.3, -0.25) is 0 Å². The molecule has 2 unspecified atom stereocenters. The highest BCUT2D eigenvalue weighted by Gasteiger charge is 2.16. The summed E-state index contributed by atoms with van der Waals surface area (Å²) in [5.74, 6) is 1.53. The van der Waals surface area contributed by atoms with Crippen molar-refractivity contribution in [2.45, 2.75) is 64.8 Å². The Morgan fingerprint density at radius 1 is 1.18 bits per heavy atom. The lowest BCUT2D eigenvalue weighted by Gasteiger charge is -2.23. The molecule has 0 amide bonds. The zero-order valence-corrected chi connectivity index (χ0v) is 12.0. The minimum Gasteiger partial charge on any atom is -0.380 e. The summed E-state index contributed by atoms with van der Waals surface area (Å²) in [7, 11) is 2.05. The van der Waals surface area contributed by atoms with Crippen molar-refractivity contribution in [1.82, 2.24) is 5.32 Å². The second-order valence-electron chi connectivity index (χ2n) is 5.68. The highest BCUT2D eigenvalue weighted by Crippen LogP contribution is 2.23. The zero-order valence-electron chi connectivity index (χ0n) is 12.0. The molecule has 102 valence electrons. The van der Waals surface area contributed by atoms with E-state index in [9.17, 15) is 0 Å². The Bertz CT molecular complexity index is 176. The molecule has 1 N–H and O–H groups in total. The van der Waals surface area contributed by atoms with Gasteiger partial charge >= 0.3 is 0 Å². The largest absolute Gasteiger partial charge is 0.380 e. The molecule has 17 heavy (non-hydrogen) atoms. The van der Waals surface area contributed by atoms with Crippen molar-refractivity contribution in [2.75, 3.05) is 20.3 Å². The highest BCUT2D eigenvalue weighted by atomic mass is 16.5. The van der Waals surface area contributed by atoms with Crippen LogP contribution < -0.4 is 5.32 Å². The summed E-state index contributed by atoms with van der Waals surface area (Å²) in [6.45, 7) is 6.41. The number of hydrogen-bond donors (Lipinski definition) is 1. The van der Waals surface area contributed by atoms with Crippen molar-refractivity contribution in [3.8, 4) is 0 Å². The molecule has 1 saturated carbocycles. The molecule has 0 heterocycles. The normalized spacial score (nSPS) is 22.1. The van der Waals surface area contributed by atoms with Gasteiger partial charge in [0, 0.05) is 12.6 Å². The molecule has 1 aliphatic rings. The van der Waals surface area contributed by atoms with Gasteiger partial charge in [0.15, 0.2) is 0 Å². The van der Waals surface area contributed by atoms with Crippen molar-refractivity contribution in [3.63, 3.8) is 0 Å². The van der Waals surface area contributed by atoms with Crippen molar-refractivity contribution in [2.24, 2.45) is 11.8 Å². The molecule has 0 aromatic heterocycles. The van der Waals surface area contributed by atoms with Gasteiger partial charge in [0.25, 0.3) is 0 Å². The van der Waals surface area contributed by atoms with E-state index in [4.69, 9.17) is 4.74 Å². The van der Waals surface area contributed by atoms with Crippen LogP contribution >= 0.6 is 0 Å². The van der Waals surface area contributed by atoms with Crippen LogP contribution in [0.4, 0.5) is 0 Å². The SMILES string of the molecule is CCC(C)C(COCC1CCCCCC1)NC. The predicted molar refractivity (Wildman–Crippen MR) is 74.3 cm³/mol. The molecule has 2 heteroatoms. The number of ether oxygens (including phenoxy) is 1. The lowest BCUT2D eigenvalue weighted by molar-refractivity contribution is 0.0665. The van der Waals surface area contributed by atoms with Gasteiger partial charge in [0.05, 0.1) is 6.61 Å². The molecule has 1 fully saturated rings. The molecule has 0 bridgehead atoms. The lowest BCUT2D eigenvalue weighted by Crippen LogP contribution is -2.36. The Hall–Kier alpha value is -0.0800. The van der Waals surface area contributed by atoms with Crippen molar-refractivity contribution >= 4 is 0 Å². The summed E-state index contributed by atoms with van der Waals surface area (Å²) < 4.78 is 5.94. The average Bonchev–Trinajstić information content (AvgIpc) is 2.62. The summed E-state index contributed by atoms with van der Waals surface area (Å²) in [6, 6.07) is 0.519. The Labute approximate surface area is 108 Å². The first-order chi connectivity index (χ1) is 8.27. The van der Waals surface area contributed by atoms with Crippen LogP contribution in [0, 0.1) is 11.8 Å². The van der Waals surface area contributed by atoms with Gasteiger partial charge in [0.1, 0.15) is 0 Å². The molecule has 2 atom stereocenters. The number of likely N-dealkylation sites (N-methyl/N-ethyl adjacent to an activating group) is 1. The molecule has 0 spiro atoms. The monoisotopic (exact) mass is 241 g/mol. The van der Waals surface area contributed by atoms with Gasteiger partial charge in [-0.15, -0.1) is 0 Å². The minimum absolute atomic E-state index is 0.519. The summed E-state index contributed by atoms with van der Waals surface area (Å²) in [6.07, 6.45) is 9.67. The third kappa shape index (κ3) is 5.87. The summed E-state index contributed by atoms with van der Waals surface area (Å²) in [5.41, 5.74) is 0. The smallest absolute Gasteiger partial charge is 0.0622 e. The number of rotatable bonds is 7. The summed E-state index contributed by atoms with van der Waals surface area (Å²) >= 11 is 0. The van der Waals surface area contributed by atoms with Crippen LogP contribution in [0.15, 0.2) is 0 Å². The quantitative estimate of drug-likeness (QED) is 0.688. The second-order valence-corrected chi connectivity index (χ2v) is 5.68. The maximum Gasteiger partial charge on any atom is 0.0622 e. The Morgan fingerprint density at radius 3 is 2.35 bits per heavy atom.